The molecule has 0 saturated carbocycles. The van der Waals surface area contributed by atoms with Crippen molar-refractivity contribution < 1.29 is 4.74 Å². The van der Waals surface area contributed by atoms with E-state index in [1.165, 1.54) is 19.5 Å². The van der Waals surface area contributed by atoms with E-state index in [-0.39, 0.29) is 0 Å². The lowest BCUT2D eigenvalue weighted by molar-refractivity contribution is -0.0266. The summed E-state index contributed by atoms with van der Waals surface area (Å²) in [6.07, 6.45) is 1.26. The average molecular weight is 281 g/mol. The SMILES string of the molecule is CC(C)N1CC2(COC(I)C2)C1. The van der Waals surface area contributed by atoms with E-state index in [1.54, 1.807) is 0 Å². The summed E-state index contributed by atoms with van der Waals surface area (Å²) in [7, 11) is 0. The molecule has 12 heavy (non-hydrogen) atoms. The highest BCUT2D eigenvalue weighted by atomic mass is 127. The fourth-order valence-corrected chi connectivity index (χ4v) is 3.24. The second kappa shape index (κ2) is 3.10. The van der Waals surface area contributed by atoms with Gasteiger partial charge in [0.15, 0.2) is 0 Å². The third kappa shape index (κ3) is 1.51. The number of nitrogens with zero attached hydrogens (tertiary/aromatic N) is 1. The fourth-order valence-electron chi connectivity index (χ4n) is 2.13. The Morgan fingerprint density at radius 2 is 2.17 bits per heavy atom. The number of hydrogen-bond acceptors (Lipinski definition) is 2. The molecule has 2 nitrogen and oxygen atoms in total. The van der Waals surface area contributed by atoms with Gasteiger partial charge in [0, 0.05) is 24.5 Å². The maximum absolute atomic E-state index is 5.60. The number of rotatable bonds is 1. The molecule has 2 fully saturated rings. The van der Waals surface area contributed by atoms with E-state index in [4.69, 9.17) is 4.74 Å². The van der Waals surface area contributed by atoms with Gasteiger partial charge in [-0.25, -0.2) is 0 Å². The van der Waals surface area contributed by atoms with Crippen molar-refractivity contribution in [1.82, 2.24) is 4.90 Å². The lowest BCUT2D eigenvalue weighted by atomic mass is 9.78. The third-order valence-electron chi connectivity index (χ3n) is 2.97. The molecule has 0 bridgehead atoms. The van der Waals surface area contributed by atoms with Crippen molar-refractivity contribution in [2.45, 2.75) is 30.4 Å². The van der Waals surface area contributed by atoms with Crippen molar-refractivity contribution in [3.63, 3.8) is 0 Å². The molecule has 0 amide bonds. The van der Waals surface area contributed by atoms with Crippen LogP contribution < -0.4 is 0 Å². The van der Waals surface area contributed by atoms with Gasteiger partial charge in [0.05, 0.1) is 6.61 Å². The molecule has 0 aromatic rings. The summed E-state index contributed by atoms with van der Waals surface area (Å²) in [5, 5.41) is 0. The Morgan fingerprint density at radius 3 is 2.58 bits per heavy atom. The summed E-state index contributed by atoms with van der Waals surface area (Å²) in [6.45, 7) is 8.03. The van der Waals surface area contributed by atoms with Crippen molar-refractivity contribution in [1.29, 1.82) is 0 Å². The molecule has 2 heterocycles. The number of hydrogen-bond donors (Lipinski definition) is 0. The molecule has 2 aliphatic rings. The van der Waals surface area contributed by atoms with Gasteiger partial charge in [-0.3, -0.25) is 4.90 Å². The first-order chi connectivity index (χ1) is 5.61. The molecule has 0 aromatic carbocycles. The Kier molecular flexibility index (Phi) is 2.38. The lowest BCUT2D eigenvalue weighted by Gasteiger charge is -2.49. The third-order valence-corrected chi connectivity index (χ3v) is 3.77. The molecule has 2 aliphatic heterocycles. The molecular weight excluding hydrogens is 265 g/mol. The van der Waals surface area contributed by atoms with Crippen LogP contribution in [0.2, 0.25) is 0 Å². The number of ether oxygens (including phenoxy) is 1. The second-order valence-corrected chi connectivity index (χ2v) is 5.81. The number of halogens is 1. The molecule has 1 atom stereocenters. The summed E-state index contributed by atoms with van der Waals surface area (Å²) in [6, 6.07) is 0.712. The van der Waals surface area contributed by atoms with Crippen molar-refractivity contribution in [3.8, 4) is 0 Å². The predicted molar refractivity (Wildman–Crippen MR) is 57.5 cm³/mol. The molecule has 0 aromatic heterocycles. The zero-order valence-corrected chi connectivity index (χ0v) is 9.87. The first-order valence-corrected chi connectivity index (χ1v) is 5.86. The molecule has 3 heteroatoms. The first kappa shape index (κ1) is 9.21. The van der Waals surface area contributed by atoms with E-state index in [9.17, 15) is 0 Å². The summed E-state index contributed by atoms with van der Waals surface area (Å²) in [4.78, 5) is 2.53. The monoisotopic (exact) mass is 281 g/mol. The van der Waals surface area contributed by atoms with Crippen molar-refractivity contribution in [2.75, 3.05) is 19.7 Å². The number of alkyl halides is 1. The largest absolute Gasteiger partial charge is 0.367 e. The molecule has 0 aliphatic carbocycles. The quantitative estimate of drug-likeness (QED) is 0.537. The summed E-state index contributed by atoms with van der Waals surface area (Å²) < 4.78 is 6.07. The average Bonchev–Trinajstić information content (AvgIpc) is 2.27. The normalized spacial score (nSPS) is 34.5. The second-order valence-electron chi connectivity index (χ2n) is 4.42. The van der Waals surface area contributed by atoms with Gasteiger partial charge in [-0.2, -0.15) is 0 Å². The molecule has 2 rings (SSSR count). The Hall–Kier alpha value is 0.650. The van der Waals surface area contributed by atoms with Crippen LogP contribution >= 0.6 is 22.6 Å². The number of likely N-dealkylation sites (tertiary alicyclic amines) is 1. The van der Waals surface area contributed by atoms with Crippen LogP contribution in [0.3, 0.4) is 0 Å². The zero-order chi connectivity index (χ0) is 8.77. The van der Waals surface area contributed by atoms with Gasteiger partial charge in [0.1, 0.15) is 4.11 Å². The summed E-state index contributed by atoms with van der Waals surface area (Å²) in [5.74, 6) is 0. The maximum atomic E-state index is 5.60. The van der Waals surface area contributed by atoms with Gasteiger partial charge in [0.2, 0.25) is 0 Å². The van der Waals surface area contributed by atoms with Crippen LogP contribution in [0.25, 0.3) is 0 Å². The Bertz CT molecular complexity index is 177. The van der Waals surface area contributed by atoms with Gasteiger partial charge < -0.3 is 4.74 Å². The van der Waals surface area contributed by atoms with Crippen molar-refractivity contribution >= 4 is 22.6 Å². The van der Waals surface area contributed by atoms with E-state index in [1.807, 2.05) is 0 Å². The zero-order valence-electron chi connectivity index (χ0n) is 7.72. The van der Waals surface area contributed by atoms with Crippen LogP contribution in [0.1, 0.15) is 20.3 Å². The fraction of sp³-hybridized carbons (Fsp3) is 1.00. The first-order valence-electron chi connectivity index (χ1n) is 4.61. The molecule has 2 saturated heterocycles. The van der Waals surface area contributed by atoms with Gasteiger partial charge in [-0.1, -0.05) is 22.6 Å². The van der Waals surface area contributed by atoms with Crippen LogP contribution in [0.15, 0.2) is 0 Å². The van der Waals surface area contributed by atoms with E-state index in [2.05, 4.69) is 41.3 Å². The summed E-state index contributed by atoms with van der Waals surface area (Å²) in [5.41, 5.74) is 0.538. The minimum atomic E-state index is 0.469. The smallest absolute Gasteiger partial charge is 0.109 e. The predicted octanol–water partition coefficient (Wildman–Crippen LogP) is 1.88. The van der Waals surface area contributed by atoms with Gasteiger partial charge in [-0.05, 0) is 20.3 Å². The van der Waals surface area contributed by atoms with E-state index < -0.39 is 0 Å². The van der Waals surface area contributed by atoms with Crippen LogP contribution in [0, 0.1) is 5.41 Å². The summed E-state index contributed by atoms with van der Waals surface area (Å²) >= 11 is 2.40. The highest BCUT2D eigenvalue weighted by Crippen LogP contribution is 2.43. The highest BCUT2D eigenvalue weighted by Gasteiger charge is 2.48. The van der Waals surface area contributed by atoms with Crippen LogP contribution in [-0.2, 0) is 4.74 Å². The topological polar surface area (TPSA) is 12.5 Å². The minimum Gasteiger partial charge on any atom is -0.367 e. The van der Waals surface area contributed by atoms with Gasteiger partial charge in [0.25, 0.3) is 0 Å². The molecule has 0 N–H and O–H groups in total. The minimum absolute atomic E-state index is 0.469. The lowest BCUT2D eigenvalue weighted by Crippen LogP contribution is -2.59. The van der Waals surface area contributed by atoms with Crippen molar-refractivity contribution in [3.05, 3.63) is 0 Å². The van der Waals surface area contributed by atoms with Crippen LogP contribution in [-0.4, -0.2) is 34.7 Å². The Morgan fingerprint density at radius 1 is 1.50 bits per heavy atom. The maximum Gasteiger partial charge on any atom is 0.109 e. The van der Waals surface area contributed by atoms with Gasteiger partial charge in [-0.15, -0.1) is 0 Å². The molecule has 70 valence electrons. The van der Waals surface area contributed by atoms with Gasteiger partial charge >= 0.3 is 0 Å². The van der Waals surface area contributed by atoms with Crippen LogP contribution in [0.5, 0.6) is 0 Å². The Balaban J connectivity index is 1.87. The standard InChI is InChI=1S/C9H16INO/c1-7(2)11-4-9(5-11)3-8(10)12-6-9/h7-8H,3-6H2,1-2H3. The van der Waals surface area contributed by atoms with Crippen molar-refractivity contribution in [2.24, 2.45) is 5.41 Å². The Labute approximate surface area is 87.8 Å². The van der Waals surface area contributed by atoms with E-state index >= 15 is 0 Å². The molecular formula is C9H16INO. The molecule has 1 unspecified atom stereocenters. The molecule has 0 radical (unpaired) electrons. The van der Waals surface area contributed by atoms with Crippen LogP contribution in [0.4, 0.5) is 0 Å². The molecule has 1 spiro atoms. The van der Waals surface area contributed by atoms with E-state index in [0.29, 0.717) is 15.6 Å². The highest BCUT2D eigenvalue weighted by molar-refractivity contribution is 14.1. The van der Waals surface area contributed by atoms with E-state index in [0.717, 1.165) is 6.61 Å².